The SMILES string of the molecule is [N-]=[N+]=NCC1CC(=O)N(C2CCCN(c3ncccn3)C2)C1. The van der Waals surface area contributed by atoms with E-state index in [1.807, 2.05) is 4.90 Å². The van der Waals surface area contributed by atoms with E-state index in [0.717, 1.165) is 31.9 Å². The van der Waals surface area contributed by atoms with Crippen LogP contribution in [0.4, 0.5) is 5.95 Å². The number of anilines is 1. The van der Waals surface area contributed by atoms with Crippen LogP contribution in [0, 0.1) is 5.92 Å². The summed E-state index contributed by atoms with van der Waals surface area (Å²) in [7, 11) is 0. The Morgan fingerprint density at radius 2 is 2.18 bits per heavy atom. The molecule has 22 heavy (non-hydrogen) atoms. The topological polar surface area (TPSA) is 98.1 Å². The summed E-state index contributed by atoms with van der Waals surface area (Å²) in [6.45, 7) is 2.78. The van der Waals surface area contributed by atoms with E-state index in [2.05, 4.69) is 24.9 Å². The molecule has 2 unspecified atom stereocenters. The highest BCUT2D eigenvalue weighted by Crippen LogP contribution is 2.26. The molecule has 0 bridgehead atoms. The van der Waals surface area contributed by atoms with Crippen LogP contribution in [0.1, 0.15) is 19.3 Å². The maximum absolute atomic E-state index is 12.2. The van der Waals surface area contributed by atoms with Gasteiger partial charge in [0.2, 0.25) is 11.9 Å². The van der Waals surface area contributed by atoms with Gasteiger partial charge in [0, 0.05) is 55.9 Å². The van der Waals surface area contributed by atoms with Gasteiger partial charge in [-0.1, -0.05) is 5.11 Å². The molecule has 2 aliphatic rings. The Morgan fingerprint density at radius 3 is 2.95 bits per heavy atom. The van der Waals surface area contributed by atoms with Gasteiger partial charge < -0.3 is 9.80 Å². The van der Waals surface area contributed by atoms with Crippen LogP contribution in [-0.4, -0.2) is 53.0 Å². The van der Waals surface area contributed by atoms with Crippen LogP contribution < -0.4 is 4.90 Å². The van der Waals surface area contributed by atoms with Crippen LogP contribution in [0.15, 0.2) is 23.6 Å². The Balaban J connectivity index is 1.65. The second kappa shape index (κ2) is 6.62. The monoisotopic (exact) mass is 301 g/mol. The van der Waals surface area contributed by atoms with Crippen molar-refractivity contribution in [3.8, 4) is 0 Å². The van der Waals surface area contributed by atoms with Gasteiger partial charge in [-0.05, 0) is 30.4 Å². The first-order chi connectivity index (χ1) is 10.8. The Kier molecular flexibility index (Phi) is 4.39. The van der Waals surface area contributed by atoms with Gasteiger partial charge in [0.05, 0.1) is 0 Å². The van der Waals surface area contributed by atoms with Crippen molar-refractivity contribution in [2.45, 2.75) is 25.3 Å². The summed E-state index contributed by atoms with van der Waals surface area (Å²) in [5.41, 5.74) is 8.41. The number of azide groups is 1. The van der Waals surface area contributed by atoms with Crippen LogP contribution in [-0.2, 0) is 4.79 Å². The number of piperidine rings is 1. The Bertz CT molecular complexity index is 572. The van der Waals surface area contributed by atoms with Crippen molar-refractivity contribution in [2.24, 2.45) is 11.0 Å². The van der Waals surface area contributed by atoms with Crippen molar-refractivity contribution < 1.29 is 4.79 Å². The smallest absolute Gasteiger partial charge is 0.225 e. The number of nitrogens with zero attached hydrogens (tertiary/aromatic N) is 7. The Morgan fingerprint density at radius 1 is 1.36 bits per heavy atom. The van der Waals surface area contributed by atoms with Gasteiger partial charge in [-0.15, -0.1) is 0 Å². The van der Waals surface area contributed by atoms with Crippen LogP contribution >= 0.6 is 0 Å². The van der Waals surface area contributed by atoms with Crippen molar-refractivity contribution in [3.05, 3.63) is 28.9 Å². The molecule has 2 atom stereocenters. The number of carbonyl (C=O) groups excluding carboxylic acids is 1. The molecule has 2 saturated heterocycles. The lowest BCUT2D eigenvalue weighted by Gasteiger charge is -2.37. The average molecular weight is 301 g/mol. The van der Waals surface area contributed by atoms with Gasteiger partial charge in [0.25, 0.3) is 0 Å². The Labute approximate surface area is 128 Å². The van der Waals surface area contributed by atoms with Crippen LogP contribution in [0.25, 0.3) is 10.4 Å². The van der Waals surface area contributed by atoms with Gasteiger partial charge in [-0.3, -0.25) is 4.79 Å². The highest BCUT2D eigenvalue weighted by Gasteiger charge is 2.36. The largest absolute Gasteiger partial charge is 0.339 e. The molecule has 2 aliphatic heterocycles. The van der Waals surface area contributed by atoms with Crippen molar-refractivity contribution in [2.75, 3.05) is 31.1 Å². The lowest BCUT2D eigenvalue weighted by molar-refractivity contribution is -0.129. The third kappa shape index (κ3) is 3.12. The third-order valence-corrected chi connectivity index (χ3v) is 4.31. The zero-order valence-corrected chi connectivity index (χ0v) is 12.4. The molecule has 8 heteroatoms. The van der Waals surface area contributed by atoms with Gasteiger partial charge in [-0.25, -0.2) is 9.97 Å². The van der Waals surface area contributed by atoms with Crippen LogP contribution in [0.5, 0.6) is 0 Å². The van der Waals surface area contributed by atoms with E-state index in [1.54, 1.807) is 18.5 Å². The molecule has 0 saturated carbocycles. The number of hydrogen-bond acceptors (Lipinski definition) is 5. The number of amides is 1. The minimum absolute atomic E-state index is 0.145. The van der Waals surface area contributed by atoms with Gasteiger partial charge in [0.15, 0.2) is 0 Å². The second-order valence-electron chi connectivity index (χ2n) is 5.82. The maximum atomic E-state index is 12.2. The molecule has 0 aromatic carbocycles. The number of likely N-dealkylation sites (tertiary alicyclic amines) is 1. The summed E-state index contributed by atoms with van der Waals surface area (Å²) >= 11 is 0. The minimum Gasteiger partial charge on any atom is -0.339 e. The fourth-order valence-corrected chi connectivity index (χ4v) is 3.28. The van der Waals surface area contributed by atoms with Crippen molar-refractivity contribution >= 4 is 11.9 Å². The van der Waals surface area contributed by atoms with E-state index >= 15 is 0 Å². The van der Waals surface area contributed by atoms with Crippen molar-refractivity contribution in [3.63, 3.8) is 0 Å². The molecule has 0 aliphatic carbocycles. The molecule has 8 nitrogen and oxygen atoms in total. The van der Waals surface area contributed by atoms with Gasteiger partial charge in [0.1, 0.15) is 0 Å². The molecule has 1 aromatic rings. The van der Waals surface area contributed by atoms with Gasteiger partial charge >= 0.3 is 0 Å². The predicted octanol–water partition coefficient (Wildman–Crippen LogP) is 1.60. The van der Waals surface area contributed by atoms with Crippen molar-refractivity contribution in [1.82, 2.24) is 14.9 Å². The lowest BCUT2D eigenvalue weighted by atomic mass is 10.0. The normalized spacial score (nSPS) is 25.2. The summed E-state index contributed by atoms with van der Waals surface area (Å²) in [5, 5.41) is 3.60. The number of aromatic nitrogens is 2. The van der Waals surface area contributed by atoms with Crippen LogP contribution in [0.2, 0.25) is 0 Å². The highest BCUT2D eigenvalue weighted by atomic mass is 16.2. The van der Waals surface area contributed by atoms with Crippen molar-refractivity contribution in [1.29, 1.82) is 0 Å². The average Bonchev–Trinajstić information content (AvgIpc) is 2.95. The molecule has 1 aromatic heterocycles. The molecule has 0 spiro atoms. The molecular weight excluding hydrogens is 282 g/mol. The van der Waals surface area contributed by atoms with E-state index in [9.17, 15) is 4.79 Å². The van der Waals surface area contributed by atoms with E-state index in [-0.39, 0.29) is 17.9 Å². The predicted molar refractivity (Wildman–Crippen MR) is 81.1 cm³/mol. The Hall–Kier alpha value is -2.34. The van der Waals surface area contributed by atoms with E-state index in [0.29, 0.717) is 19.5 Å². The first-order valence-electron chi connectivity index (χ1n) is 7.60. The number of rotatable bonds is 4. The molecular formula is C14H19N7O. The summed E-state index contributed by atoms with van der Waals surface area (Å²) in [6, 6.07) is 2.00. The fourth-order valence-electron chi connectivity index (χ4n) is 3.28. The molecule has 3 heterocycles. The summed E-state index contributed by atoms with van der Waals surface area (Å²) in [6.07, 6.45) is 5.99. The highest BCUT2D eigenvalue weighted by molar-refractivity contribution is 5.79. The molecule has 1 amide bonds. The first-order valence-corrected chi connectivity index (χ1v) is 7.60. The quantitative estimate of drug-likeness (QED) is 0.479. The van der Waals surface area contributed by atoms with Gasteiger partial charge in [-0.2, -0.15) is 0 Å². The number of carbonyl (C=O) groups is 1. The number of hydrogen-bond donors (Lipinski definition) is 0. The molecule has 116 valence electrons. The molecule has 0 radical (unpaired) electrons. The molecule has 2 fully saturated rings. The van der Waals surface area contributed by atoms with Crippen LogP contribution in [0.3, 0.4) is 0 Å². The third-order valence-electron chi connectivity index (χ3n) is 4.31. The van der Waals surface area contributed by atoms with E-state index in [4.69, 9.17) is 5.53 Å². The summed E-state index contributed by atoms with van der Waals surface area (Å²) in [4.78, 5) is 27.7. The minimum atomic E-state index is 0.145. The molecule has 3 rings (SSSR count). The standard InChI is InChI=1S/C14H19N7O/c15-19-18-8-11-7-13(22)21(9-11)12-3-1-6-20(10-12)14-16-4-2-5-17-14/h2,4-5,11-12H,1,3,6-10H2. The summed E-state index contributed by atoms with van der Waals surface area (Å²) in [5.74, 6) is 1.04. The first kappa shape index (κ1) is 14.6. The van der Waals surface area contributed by atoms with E-state index in [1.165, 1.54) is 0 Å². The van der Waals surface area contributed by atoms with E-state index < -0.39 is 0 Å². The zero-order valence-electron chi connectivity index (χ0n) is 12.4. The zero-order chi connectivity index (χ0) is 15.4. The maximum Gasteiger partial charge on any atom is 0.225 e. The summed E-state index contributed by atoms with van der Waals surface area (Å²) < 4.78 is 0. The molecule has 0 N–H and O–H groups in total. The lowest BCUT2D eigenvalue weighted by Crippen LogP contribution is -2.49. The fraction of sp³-hybridized carbons (Fsp3) is 0.643. The second-order valence-corrected chi connectivity index (χ2v) is 5.82.